The molecule has 1 fully saturated rings. The first-order valence-electron chi connectivity index (χ1n) is 9.07. The Balaban J connectivity index is 1.71. The summed E-state index contributed by atoms with van der Waals surface area (Å²) < 4.78 is 8.74. The second-order valence-electron chi connectivity index (χ2n) is 6.55. The predicted molar refractivity (Wildman–Crippen MR) is 105 cm³/mol. The fourth-order valence-electron chi connectivity index (χ4n) is 3.07. The zero-order valence-electron chi connectivity index (χ0n) is 15.0. The number of aryl methyl sites for hydroxylation is 1. The van der Waals surface area contributed by atoms with Gasteiger partial charge in [0, 0.05) is 41.6 Å². The molecule has 5 nitrogen and oxygen atoms in total. The van der Waals surface area contributed by atoms with Gasteiger partial charge in [-0.05, 0) is 49.9 Å². The van der Waals surface area contributed by atoms with Crippen LogP contribution < -0.4 is 10.0 Å². The Bertz CT molecular complexity index is 723. The van der Waals surface area contributed by atoms with Crippen molar-refractivity contribution in [3.63, 3.8) is 0 Å². The molecule has 0 atom stereocenters. The van der Waals surface area contributed by atoms with Crippen LogP contribution in [0.1, 0.15) is 48.7 Å². The summed E-state index contributed by atoms with van der Waals surface area (Å²) in [6.45, 7) is 5.65. The third kappa shape index (κ3) is 4.50. The Morgan fingerprint density at radius 2 is 2.16 bits per heavy atom. The third-order valence-electron chi connectivity index (χ3n) is 4.63. The van der Waals surface area contributed by atoms with E-state index in [9.17, 15) is 4.79 Å². The first kappa shape index (κ1) is 18.1. The van der Waals surface area contributed by atoms with Gasteiger partial charge in [0.25, 0.3) is 5.91 Å². The highest BCUT2D eigenvalue weighted by Gasteiger charge is 2.20. The largest absolute Gasteiger partial charge is 0.381 e. The van der Waals surface area contributed by atoms with Crippen LogP contribution >= 0.6 is 11.9 Å². The predicted octanol–water partition coefficient (Wildman–Crippen LogP) is 4.25. The zero-order valence-corrected chi connectivity index (χ0v) is 15.8. The number of aromatic amines is 1. The van der Waals surface area contributed by atoms with Crippen LogP contribution in [0.5, 0.6) is 0 Å². The van der Waals surface area contributed by atoms with Crippen LogP contribution in [0.15, 0.2) is 18.2 Å². The molecule has 6 heteroatoms. The number of unbranched alkanes of at least 4 members (excludes halogenated alkanes) is 1. The van der Waals surface area contributed by atoms with E-state index in [0.29, 0.717) is 5.69 Å². The Kier molecular flexibility index (Phi) is 6.26. The second-order valence-corrected chi connectivity index (χ2v) is 7.45. The van der Waals surface area contributed by atoms with E-state index in [1.165, 1.54) is 12.8 Å². The molecule has 3 rings (SSSR count). The van der Waals surface area contributed by atoms with Crippen LogP contribution in [-0.4, -0.2) is 35.9 Å². The van der Waals surface area contributed by atoms with Crippen molar-refractivity contribution in [1.29, 1.82) is 0 Å². The first-order chi connectivity index (χ1) is 12.2. The monoisotopic (exact) mass is 361 g/mol. The van der Waals surface area contributed by atoms with Gasteiger partial charge in [-0.25, -0.2) is 0 Å². The molecule has 1 aromatic carbocycles. The molecule has 0 radical (unpaired) electrons. The van der Waals surface area contributed by atoms with Crippen molar-refractivity contribution in [1.82, 2.24) is 10.3 Å². The molecule has 0 unspecified atom stereocenters. The highest BCUT2D eigenvalue weighted by Crippen LogP contribution is 2.26. The summed E-state index contributed by atoms with van der Waals surface area (Å²) in [5.74, 6) is 1.08. The van der Waals surface area contributed by atoms with Gasteiger partial charge >= 0.3 is 0 Å². The number of hydrogen-bond acceptors (Lipinski definition) is 4. The molecule has 0 saturated carbocycles. The van der Waals surface area contributed by atoms with Gasteiger partial charge in [-0.1, -0.05) is 25.3 Å². The fourth-order valence-corrected chi connectivity index (χ4v) is 3.90. The molecule has 2 heterocycles. The minimum Gasteiger partial charge on any atom is -0.381 e. The topological polar surface area (TPSA) is 66.2 Å². The smallest absolute Gasteiger partial charge is 0.268 e. The average Bonchev–Trinajstić information content (AvgIpc) is 2.96. The van der Waals surface area contributed by atoms with E-state index in [1.807, 2.05) is 13.0 Å². The number of fused-ring (bicyclic) bond motifs is 1. The molecule has 1 aromatic heterocycles. The standard InChI is InChI=1S/C19H27N3O2S/c1-3-4-11-25-22-15-5-6-17-16(12-15)13(2)18(21-17)19(23)20-14-7-9-24-10-8-14/h5-6,12,14,21-22H,3-4,7-11H2,1-2H3,(H,20,23). The van der Waals surface area contributed by atoms with Crippen LogP contribution in [0, 0.1) is 6.92 Å². The molecule has 3 N–H and O–H groups in total. The number of aromatic nitrogens is 1. The second kappa shape index (κ2) is 8.63. The first-order valence-corrected chi connectivity index (χ1v) is 10.1. The summed E-state index contributed by atoms with van der Waals surface area (Å²) in [5.41, 5.74) is 3.74. The van der Waals surface area contributed by atoms with E-state index in [1.54, 1.807) is 11.9 Å². The van der Waals surface area contributed by atoms with Gasteiger partial charge in [0.15, 0.2) is 0 Å². The van der Waals surface area contributed by atoms with E-state index in [4.69, 9.17) is 4.74 Å². The number of hydrogen-bond donors (Lipinski definition) is 3. The van der Waals surface area contributed by atoms with Crippen LogP contribution in [0.2, 0.25) is 0 Å². The quantitative estimate of drug-likeness (QED) is 0.510. The summed E-state index contributed by atoms with van der Waals surface area (Å²) in [7, 11) is 0. The SMILES string of the molecule is CCCCSNc1ccc2[nH]c(C(=O)NC3CCOCC3)c(C)c2c1. The van der Waals surface area contributed by atoms with Gasteiger partial charge in [0.05, 0.1) is 0 Å². The maximum absolute atomic E-state index is 12.6. The highest BCUT2D eigenvalue weighted by atomic mass is 32.2. The Hall–Kier alpha value is -1.66. The van der Waals surface area contributed by atoms with Crippen molar-refractivity contribution in [2.24, 2.45) is 0 Å². The van der Waals surface area contributed by atoms with Crippen LogP contribution in [0.3, 0.4) is 0 Å². The number of anilines is 1. The summed E-state index contributed by atoms with van der Waals surface area (Å²) in [5, 5.41) is 4.23. The number of carbonyl (C=O) groups excluding carboxylic acids is 1. The highest BCUT2D eigenvalue weighted by molar-refractivity contribution is 8.00. The van der Waals surface area contributed by atoms with Crippen molar-refractivity contribution in [2.45, 2.75) is 45.6 Å². The molecule has 1 aliphatic heterocycles. The summed E-state index contributed by atoms with van der Waals surface area (Å²) in [4.78, 5) is 15.9. The van der Waals surface area contributed by atoms with E-state index in [2.05, 4.69) is 34.1 Å². The lowest BCUT2D eigenvalue weighted by Gasteiger charge is -2.22. The van der Waals surface area contributed by atoms with E-state index in [0.717, 1.165) is 54.0 Å². The Labute approximate surface area is 153 Å². The lowest BCUT2D eigenvalue weighted by molar-refractivity contribution is 0.0694. The van der Waals surface area contributed by atoms with Crippen molar-refractivity contribution < 1.29 is 9.53 Å². The number of H-pyrrole nitrogens is 1. The zero-order chi connectivity index (χ0) is 17.6. The molecule has 2 aromatic rings. The molecular weight excluding hydrogens is 334 g/mol. The molecule has 0 aliphatic carbocycles. The van der Waals surface area contributed by atoms with Crippen molar-refractivity contribution in [3.05, 3.63) is 29.5 Å². The van der Waals surface area contributed by atoms with Crippen molar-refractivity contribution in [2.75, 3.05) is 23.7 Å². The normalized spacial score (nSPS) is 15.4. The van der Waals surface area contributed by atoms with Gasteiger partial charge in [-0.3, -0.25) is 4.79 Å². The number of benzene rings is 1. The van der Waals surface area contributed by atoms with Crippen LogP contribution in [0.4, 0.5) is 5.69 Å². The number of carbonyl (C=O) groups is 1. The summed E-state index contributed by atoms with van der Waals surface area (Å²) in [6, 6.07) is 6.41. The molecule has 25 heavy (non-hydrogen) atoms. The number of nitrogens with one attached hydrogen (secondary N) is 3. The van der Waals surface area contributed by atoms with Crippen LogP contribution in [-0.2, 0) is 4.74 Å². The lowest BCUT2D eigenvalue weighted by atomic mass is 10.1. The van der Waals surface area contributed by atoms with Gasteiger partial charge in [-0.15, -0.1) is 0 Å². The van der Waals surface area contributed by atoms with E-state index >= 15 is 0 Å². The van der Waals surface area contributed by atoms with E-state index < -0.39 is 0 Å². The van der Waals surface area contributed by atoms with Crippen molar-refractivity contribution in [3.8, 4) is 0 Å². The van der Waals surface area contributed by atoms with Crippen molar-refractivity contribution >= 4 is 34.4 Å². The molecule has 1 aliphatic rings. The molecule has 0 bridgehead atoms. The maximum atomic E-state index is 12.6. The molecule has 1 saturated heterocycles. The maximum Gasteiger partial charge on any atom is 0.268 e. The van der Waals surface area contributed by atoms with E-state index in [-0.39, 0.29) is 11.9 Å². The summed E-state index contributed by atoms with van der Waals surface area (Å²) in [6.07, 6.45) is 4.18. The van der Waals surface area contributed by atoms with Gasteiger partial charge in [0.1, 0.15) is 5.69 Å². The Morgan fingerprint density at radius 1 is 1.36 bits per heavy atom. The Morgan fingerprint density at radius 3 is 2.92 bits per heavy atom. The lowest BCUT2D eigenvalue weighted by Crippen LogP contribution is -2.39. The molecule has 136 valence electrons. The van der Waals surface area contributed by atoms with Gasteiger partial charge in [0.2, 0.25) is 0 Å². The van der Waals surface area contributed by atoms with Crippen LogP contribution in [0.25, 0.3) is 10.9 Å². The summed E-state index contributed by atoms with van der Waals surface area (Å²) >= 11 is 1.73. The molecule has 0 spiro atoms. The number of ether oxygens (including phenoxy) is 1. The van der Waals surface area contributed by atoms with Gasteiger partial charge < -0.3 is 19.8 Å². The fraction of sp³-hybridized carbons (Fsp3) is 0.526. The number of rotatable bonds is 7. The van der Waals surface area contributed by atoms with Gasteiger partial charge in [-0.2, -0.15) is 0 Å². The molecular formula is C19H27N3O2S. The average molecular weight is 362 g/mol. The minimum absolute atomic E-state index is 0.0209. The minimum atomic E-state index is -0.0209. The number of amides is 1. The third-order valence-corrected chi connectivity index (χ3v) is 5.50. The molecule has 1 amide bonds.